The van der Waals surface area contributed by atoms with Crippen molar-refractivity contribution in [2.24, 2.45) is 0 Å². The van der Waals surface area contributed by atoms with E-state index in [0.717, 1.165) is 42.5 Å². The number of benzene rings is 1. The van der Waals surface area contributed by atoms with E-state index in [2.05, 4.69) is 43.1 Å². The maximum absolute atomic E-state index is 12.3. The number of aromatic nitrogens is 2. The van der Waals surface area contributed by atoms with E-state index < -0.39 is 0 Å². The summed E-state index contributed by atoms with van der Waals surface area (Å²) in [5.74, 6) is 1.22. The summed E-state index contributed by atoms with van der Waals surface area (Å²) in [5.41, 5.74) is 4.23. The van der Waals surface area contributed by atoms with Crippen molar-refractivity contribution in [2.45, 2.75) is 51.9 Å². The Hall–Kier alpha value is -1.90. The molecule has 0 bridgehead atoms. The molecular formula is C18H22N2O. The number of aromatic amines is 1. The van der Waals surface area contributed by atoms with Gasteiger partial charge in [0.1, 0.15) is 5.82 Å². The van der Waals surface area contributed by atoms with E-state index in [1.54, 1.807) is 0 Å². The molecule has 2 aromatic rings. The first-order valence-corrected chi connectivity index (χ1v) is 7.87. The summed E-state index contributed by atoms with van der Waals surface area (Å²) in [6.45, 7) is 4.36. The van der Waals surface area contributed by atoms with Crippen molar-refractivity contribution >= 4 is 0 Å². The Labute approximate surface area is 125 Å². The average Bonchev–Trinajstić information content (AvgIpc) is 2.73. The molecule has 0 fully saturated rings. The third-order valence-corrected chi connectivity index (χ3v) is 4.29. The third kappa shape index (κ3) is 2.92. The Bertz CT molecular complexity index is 683. The van der Waals surface area contributed by atoms with E-state index >= 15 is 0 Å². The summed E-state index contributed by atoms with van der Waals surface area (Å²) in [5, 5.41) is 0. The summed E-state index contributed by atoms with van der Waals surface area (Å²) in [7, 11) is 0. The number of nitrogens with one attached hydrogen (secondary N) is 1. The van der Waals surface area contributed by atoms with Crippen molar-refractivity contribution in [1.29, 1.82) is 0 Å². The van der Waals surface area contributed by atoms with Gasteiger partial charge in [0.05, 0.1) is 5.69 Å². The number of nitrogens with zero attached hydrogens (tertiary/aromatic N) is 1. The van der Waals surface area contributed by atoms with E-state index in [1.807, 2.05) is 0 Å². The predicted octanol–water partition coefficient (Wildman–Crippen LogP) is 3.83. The molecule has 0 spiro atoms. The van der Waals surface area contributed by atoms with Crippen LogP contribution < -0.4 is 5.56 Å². The zero-order chi connectivity index (χ0) is 14.8. The van der Waals surface area contributed by atoms with Crippen LogP contribution in [-0.4, -0.2) is 9.97 Å². The van der Waals surface area contributed by atoms with Gasteiger partial charge in [-0.1, -0.05) is 44.5 Å². The Morgan fingerprint density at radius 3 is 2.48 bits per heavy atom. The van der Waals surface area contributed by atoms with Crippen molar-refractivity contribution in [3.63, 3.8) is 0 Å². The van der Waals surface area contributed by atoms with Crippen LogP contribution >= 0.6 is 0 Å². The van der Waals surface area contributed by atoms with E-state index in [4.69, 9.17) is 4.98 Å². The lowest BCUT2D eigenvalue weighted by molar-refractivity contribution is 0.708. The summed E-state index contributed by atoms with van der Waals surface area (Å²) in [4.78, 5) is 20.0. The normalized spacial score (nSPS) is 14.8. The van der Waals surface area contributed by atoms with Crippen molar-refractivity contribution in [1.82, 2.24) is 9.97 Å². The largest absolute Gasteiger partial charge is 0.306 e. The highest BCUT2D eigenvalue weighted by atomic mass is 16.1. The SMILES string of the molecule is CC(C)c1ccc(-c2nc3c(c(=O)[nH]2)CCCCC3)cc1. The second kappa shape index (κ2) is 5.84. The number of hydrogen-bond acceptors (Lipinski definition) is 2. The summed E-state index contributed by atoms with van der Waals surface area (Å²) >= 11 is 0. The van der Waals surface area contributed by atoms with Gasteiger partial charge in [-0.2, -0.15) is 0 Å². The second-order valence-electron chi connectivity index (χ2n) is 6.18. The van der Waals surface area contributed by atoms with Crippen molar-refractivity contribution in [3.05, 3.63) is 51.4 Å². The Morgan fingerprint density at radius 2 is 1.76 bits per heavy atom. The molecule has 1 aromatic heterocycles. The minimum atomic E-state index is 0.0461. The molecule has 1 heterocycles. The standard InChI is InChI=1S/C18H22N2O/c1-12(2)13-8-10-14(11-9-13)17-19-16-7-5-3-4-6-15(16)18(21)20-17/h8-12H,3-7H2,1-2H3,(H,19,20,21). The molecule has 110 valence electrons. The molecule has 0 aliphatic heterocycles. The number of rotatable bonds is 2. The highest BCUT2D eigenvalue weighted by molar-refractivity contribution is 5.56. The van der Waals surface area contributed by atoms with Gasteiger partial charge in [-0.15, -0.1) is 0 Å². The second-order valence-corrected chi connectivity index (χ2v) is 6.18. The first kappa shape index (κ1) is 14.1. The molecule has 0 saturated carbocycles. The van der Waals surface area contributed by atoms with Crippen LogP contribution in [0.25, 0.3) is 11.4 Å². The van der Waals surface area contributed by atoms with Crippen LogP contribution in [0.15, 0.2) is 29.1 Å². The molecule has 0 unspecified atom stereocenters. The van der Waals surface area contributed by atoms with Gasteiger partial charge < -0.3 is 4.98 Å². The number of aryl methyl sites for hydroxylation is 1. The maximum atomic E-state index is 12.3. The number of fused-ring (bicyclic) bond motifs is 1. The minimum absolute atomic E-state index is 0.0461. The summed E-state index contributed by atoms with van der Waals surface area (Å²) in [6, 6.07) is 8.34. The molecular weight excluding hydrogens is 260 g/mol. The fourth-order valence-corrected chi connectivity index (χ4v) is 2.94. The van der Waals surface area contributed by atoms with Gasteiger partial charge in [0.15, 0.2) is 0 Å². The zero-order valence-corrected chi connectivity index (χ0v) is 12.8. The van der Waals surface area contributed by atoms with Gasteiger partial charge in [-0.25, -0.2) is 4.98 Å². The highest BCUT2D eigenvalue weighted by Gasteiger charge is 2.15. The first-order chi connectivity index (χ1) is 10.1. The molecule has 0 atom stereocenters. The molecule has 1 N–H and O–H groups in total. The molecule has 0 saturated heterocycles. The molecule has 1 aliphatic rings. The molecule has 21 heavy (non-hydrogen) atoms. The molecule has 0 radical (unpaired) electrons. The Morgan fingerprint density at radius 1 is 1.05 bits per heavy atom. The van der Waals surface area contributed by atoms with Crippen molar-refractivity contribution in [2.75, 3.05) is 0 Å². The van der Waals surface area contributed by atoms with Crippen LogP contribution in [0, 0.1) is 0 Å². The van der Waals surface area contributed by atoms with Crippen molar-refractivity contribution < 1.29 is 0 Å². The van der Waals surface area contributed by atoms with Crippen molar-refractivity contribution in [3.8, 4) is 11.4 Å². The first-order valence-electron chi connectivity index (χ1n) is 7.87. The molecule has 3 nitrogen and oxygen atoms in total. The fraction of sp³-hybridized carbons (Fsp3) is 0.444. The third-order valence-electron chi connectivity index (χ3n) is 4.29. The van der Waals surface area contributed by atoms with E-state index in [9.17, 15) is 4.79 Å². The lowest BCUT2D eigenvalue weighted by atomic mass is 10.0. The van der Waals surface area contributed by atoms with Crippen LogP contribution in [-0.2, 0) is 12.8 Å². The lowest BCUT2D eigenvalue weighted by Gasteiger charge is -2.09. The smallest absolute Gasteiger partial charge is 0.254 e. The van der Waals surface area contributed by atoms with Crippen LogP contribution in [0.1, 0.15) is 55.8 Å². The van der Waals surface area contributed by atoms with E-state index in [-0.39, 0.29) is 5.56 Å². The molecule has 3 heteroatoms. The monoisotopic (exact) mass is 282 g/mol. The van der Waals surface area contributed by atoms with Gasteiger partial charge in [0, 0.05) is 11.1 Å². The summed E-state index contributed by atoms with van der Waals surface area (Å²) in [6.07, 6.45) is 5.21. The van der Waals surface area contributed by atoms with E-state index in [1.165, 1.54) is 12.0 Å². The Kier molecular flexibility index (Phi) is 3.91. The van der Waals surface area contributed by atoms with Crippen LogP contribution in [0.5, 0.6) is 0 Å². The van der Waals surface area contributed by atoms with Gasteiger partial charge in [0.2, 0.25) is 0 Å². The minimum Gasteiger partial charge on any atom is -0.306 e. The quantitative estimate of drug-likeness (QED) is 0.851. The molecule has 1 aliphatic carbocycles. The van der Waals surface area contributed by atoms with Gasteiger partial charge in [-0.05, 0) is 37.2 Å². The van der Waals surface area contributed by atoms with Gasteiger partial charge in [-0.3, -0.25) is 4.79 Å². The number of H-pyrrole nitrogens is 1. The fourth-order valence-electron chi connectivity index (χ4n) is 2.94. The lowest BCUT2D eigenvalue weighted by Crippen LogP contribution is -2.18. The average molecular weight is 282 g/mol. The highest BCUT2D eigenvalue weighted by Crippen LogP contribution is 2.22. The zero-order valence-electron chi connectivity index (χ0n) is 12.8. The topological polar surface area (TPSA) is 45.8 Å². The van der Waals surface area contributed by atoms with Crippen LogP contribution in [0.4, 0.5) is 0 Å². The van der Waals surface area contributed by atoms with E-state index in [0.29, 0.717) is 11.7 Å². The number of hydrogen-bond donors (Lipinski definition) is 1. The van der Waals surface area contributed by atoms with Gasteiger partial charge >= 0.3 is 0 Å². The molecule has 3 rings (SSSR count). The van der Waals surface area contributed by atoms with Crippen LogP contribution in [0.2, 0.25) is 0 Å². The van der Waals surface area contributed by atoms with Gasteiger partial charge in [0.25, 0.3) is 5.56 Å². The molecule has 0 amide bonds. The van der Waals surface area contributed by atoms with Crippen LogP contribution in [0.3, 0.4) is 0 Å². The maximum Gasteiger partial charge on any atom is 0.254 e. The predicted molar refractivity (Wildman–Crippen MR) is 85.6 cm³/mol. The Balaban J connectivity index is 2.01. The molecule has 1 aromatic carbocycles. The summed E-state index contributed by atoms with van der Waals surface area (Å²) < 4.78 is 0.